The average Bonchev–Trinajstić information content (AvgIpc) is 3.26. The summed E-state index contributed by atoms with van der Waals surface area (Å²) in [5.74, 6) is 0. The van der Waals surface area contributed by atoms with Crippen molar-refractivity contribution in [2.75, 3.05) is 0 Å². The van der Waals surface area contributed by atoms with Crippen LogP contribution in [0, 0.1) is 0 Å². The zero-order valence-corrected chi connectivity index (χ0v) is 31.9. The Morgan fingerprint density at radius 3 is 0.660 bits per heavy atom. The summed E-state index contributed by atoms with van der Waals surface area (Å²) in [7, 11) is -9.29. The quantitative estimate of drug-likeness (QED) is 0.0934. The van der Waals surface area contributed by atoms with E-state index in [-0.39, 0.29) is 0 Å². The molecule has 0 radical (unpaired) electrons. The van der Waals surface area contributed by atoms with Crippen molar-refractivity contribution in [2.24, 2.45) is 0 Å². The van der Waals surface area contributed by atoms with Crippen LogP contribution in [0.3, 0.4) is 0 Å². The van der Waals surface area contributed by atoms with Crippen molar-refractivity contribution in [1.82, 2.24) is 0 Å². The molecule has 0 saturated heterocycles. The van der Waals surface area contributed by atoms with Gasteiger partial charge in [-0.15, -0.1) is 0 Å². The third kappa shape index (κ3) is 6.12. The van der Waals surface area contributed by atoms with E-state index in [2.05, 4.69) is 109 Å². The normalized spacial score (nSPS) is 11.9. The van der Waals surface area contributed by atoms with Crippen LogP contribution in [0.25, 0.3) is 0 Å². The first-order valence-electron chi connectivity index (χ1n) is 17.8. The van der Waals surface area contributed by atoms with E-state index >= 15 is 9.13 Å². The molecule has 0 N–H and O–H groups in total. The van der Waals surface area contributed by atoms with Gasteiger partial charge in [0, 0.05) is 31.8 Å². The van der Waals surface area contributed by atoms with Gasteiger partial charge in [0.05, 0.1) is 0 Å². The third-order valence-electron chi connectivity index (χ3n) is 10.2. The van der Waals surface area contributed by atoms with Gasteiger partial charge in [-0.3, -0.25) is 0 Å². The van der Waals surface area contributed by atoms with Crippen LogP contribution in [-0.4, -0.2) is 8.07 Å². The van der Waals surface area contributed by atoms with Crippen molar-refractivity contribution in [3.05, 3.63) is 231 Å². The summed E-state index contributed by atoms with van der Waals surface area (Å²) in [4.78, 5) is 0. The maximum Gasteiger partial charge on any atom is 0.179 e. The highest BCUT2D eigenvalue weighted by molar-refractivity contribution is 7.85. The highest BCUT2D eigenvalue weighted by Gasteiger charge is 2.42. The highest BCUT2D eigenvalue weighted by atomic mass is 31.2. The van der Waals surface area contributed by atoms with Gasteiger partial charge >= 0.3 is 0 Å². The van der Waals surface area contributed by atoms with Crippen LogP contribution >= 0.6 is 14.3 Å². The number of benzene rings is 8. The lowest BCUT2D eigenvalue weighted by Crippen LogP contribution is -2.74. The fraction of sp³-hybridized carbons (Fsp3) is 0. The Morgan fingerprint density at radius 1 is 0.226 bits per heavy atom. The van der Waals surface area contributed by atoms with E-state index < -0.39 is 22.4 Å². The molecule has 2 nitrogen and oxygen atoms in total. The average molecular weight is 737 g/mol. The Morgan fingerprint density at radius 2 is 0.415 bits per heavy atom. The molecule has 256 valence electrons. The van der Waals surface area contributed by atoms with Crippen LogP contribution in [0.15, 0.2) is 231 Å². The van der Waals surface area contributed by atoms with Crippen LogP contribution in [0.1, 0.15) is 0 Å². The van der Waals surface area contributed by atoms with Crippen molar-refractivity contribution >= 4 is 74.9 Å². The molecule has 8 aromatic rings. The molecule has 0 aliphatic rings. The van der Waals surface area contributed by atoms with Crippen molar-refractivity contribution in [3.63, 3.8) is 0 Å². The van der Waals surface area contributed by atoms with E-state index in [0.29, 0.717) is 0 Å². The molecule has 5 heteroatoms. The standard InChI is InChI=1S/C48H38O2P2Si/c49-51(39-19-7-1-8-20-39,40-21-9-2-10-22-40)43-31-35-47(36-32-43)53(45-27-15-5-16-28-45,46-29-17-6-18-30-46)48-37-33-44(34-38-48)52(50,41-23-11-3-12-24-41)42-25-13-4-14-26-42/h1-38H. The summed E-state index contributed by atoms with van der Waals surface area (Å²) < 4.78 is 30.7. The second-order valence-electron chi connectivity index (χ2n) is 13.1. The van der Waals surface area contributed by atoms with Crippen molar-refractivity contribution in [2.45, 2.75) is 0 Å². The number of hydrogen-bond acceptors (Lipinski definition) is 2. The monoisotopic (exact) mass is 736 g/mol. The molecule has 0 aliphatic carbocycles. The summed E-state index contributed by atoms with van der Waals surface area (Å²) >= 11 is 0. The zero-order valence-electron chi connectivity index (χ0n) is 29.2. The lowest BCUT2D eigenvalue weighted by Gasteiger charge is -2.35. The fourth-order valence-corrected chi connectivity index (χ4v) is 17.7. The second-order valence-corrected chi connectivity index (χ2v) is 22.5. The largest absolute Gasteiger partial charge is 0.309 e. The first-order valence-corrected chi connectivity index (χ1v) is 23.2. The van der Waals surface area contributed by atoms with Gasteiger partial charge in [0.15, 0.2) is 22.4 Å². The lowest BCUT2D eigenvalue weighted by atomic mass is 10.3. The van der Waals surface area contributed by atoms with Gasteiger partial charge in [0.2, 0.25) is 0 Å². The molecular formula is C48H38O2P2Si. The molecule has 0 bridgehead atoms. The Hall–Kier alpha value is -5.56. The zero-order chi connectivity index (χ0) is 36.1. The van der Waals surface area contributed by atoms with Gasteiger partial charge in [-0.25, -0.2) is 0 Å². The predicted molar refractivity (Wildman–Crippen MR) is 229 cm³/mol. The second kappa shape index (κ2) is 14.8. The van der Waals surface area contributed by atoms with Crippen molar-refractivity contribution in [3.8, 4) is 0 Å². The van der Waals surface area contributed by atoms with Crippen LogP contribution in [0.5, 0.6) is 0 Å². The topological polar surface area (TPSA) is 34.1 Å². The maximum atomic E-state index is 15.3. The summed E-state index contributed by atoms with van der Waals surface area (Å²) in [6.07, 6.45) is 0. The molecule has 0 unspecified atom stereocenters. The number of hydrogen-bond donors (Lipinski definition) is 0. The van der Waals surface area contributed by atoms with E-state index in [4.69, 9.17) is 0 Å². The summed E-state index contributed by atoms with van der Waals surface area (Å²) in [5, 5.41) is 9.65. The Bertz CT molecular complexity index is 2240. The minimum atomic E-state index is -3.16. The summed E-state index contributed by atoms with van der Waals surface area (Å²) in [6, 6.07) is 77.9. The Balaban J connectivity index is 1.34. The molecule has 0 aliphatic heterocycles. The van der Waals surface area contributed by atoms with Crippen LogP contribution < -0.4 is 52.6 Å². The minimum absolute atomic E-state index is 0.796. The maximum absolute atomic E-state index is 15.3. The molecule has 0 amide bonds. The molecular weight excluding hydrogens is 699 g/mol. The van der Waals surface area contributed by atoms with Crippen LogP contribution in [-0.2, 0) is 9.13 Å². The number of rotatable bonds is 10. The molecule has 0 atom stereocenters. The molecule has 53 heavy (non-hydrogen) atoms. The van der Waals surface area contributed by atoms with E-state index in [1.807, 2.05) is 121 Å². The Kier molecular flexibility index (Phi) is 9.65. The molecule has 0 fully saturated rings. The summed E-state index contributed by atoms with van der Waals surface area (Å²) in [5.41, 5.74) is 0. The third-order valence-corrected chi connectivity index (χ3v) is 21.2. The van der Waals surface area contributed by atoms with Crippen molar-refractivity contribution in [1.29, 1.82) is 0 Å². The molecule has 0 spiro atoms. The Labute approximate surface area is 313 Å². The first-order chi connectivity index (χ1) is 26.1. The van der Waals surface area contributed by atoms with Crippen LogP contribution in [0.2, 0.25) is 0 Å². The van der Waals surface area contributed by atoms with E-state index in [1.54, 1.807) is 0 Å². The van der Waals surface area contributed by atoms with E-state index in [1.165, 1.54) is 20.7 Å². The van der Waals surface area contributed by atoms with Crippen LogP contribution in [0.4, 0.5) is 0 Å². The fourth-order valence-electron chi connectivity index (χ4n) is 7.67. The highest BCUT2D eigenvalue weighted by Crippen LogP contribution is 2.43. The molecule has 0 saturated carbocycles. The van der Waals surface area contributed by atoms with Gasteiger partial charge in [0.25, 0.3) is 0 Å². The van der Waals surface area contributed by atoms with Crippen molar-refractivity contribution < 1.29 is 9.13 Å². The molecule has 0 heterocycles. The van der Waals surface area contributed by atoms with Gasteiger partial charge in [0.1, 0.15) is 0 Å². The predicted octanol–water partition coefficient (Wildman–Crippen LogP) is 6.34. The van der Waals surface area contributed by atoms with Gasteiger partial charge in [-0.2, -0.15) is 0 Å². The minimum Gasteiger partial charge on any atom is -0.309 e. The lowest BCUT2D eigenvalue weighted by molar-refractivity contribution is 0.591. The van der Waals surface area contributed by atoms with Gasteiger partial charge in [-0.1, -0.05) is 231 Å². The van der Waals surface area contributed by atoms with E-state index in [9.17, 15) is 0 Å². The van der Waals surface area contributed by atoms with E-state index in [0.717, 1.165) is 31.8 Å². The van der Waals surface area contributed by atoms with Gasteiger partial charge < -0.3 is 9.13 Å². The molecule has 8 rings (SSSR count). The molecule has 0 aromatic heterocycles. The first kappa shape index (κ1) is 34.5. The van der Waals surface area contributed by atoms with Gasteiger partial charge in [-0.05, 0) is 20.7 Å². The summed E-state index contributed by atoms with van der Waals surface area (Å²) in [6.45, 7) is 0. The smallest absolute Gasteiger partial charge is 0.179 e. The SMILES string of the molecule is O=P(c1ccccc1)(c1ccccc1)c1ccc([Si](c2ccccc2)(c2ccccc2)c2ccc(P(=O)(c3ccccc3)c3ccccc3)cc2)cc1. The molecule has 8 aromatic carbocycles.